The largest absolute Gasteiger partial charge is 0.392 e. The zero-order valence-corrected chi connectivity index (χ0v) is 10.6. The van der Waals surface area contributed by atoms with E-state index in [-0.39, 0.29) is 6.10 Å². The predicted molar refractivity (Wildman–Crippen MR) is 66.9 cm³/mol. The Hall–Kier alpha value is -0.870. The van der Waals surface area contributed by atoms with Crippen molar-refractivity contribution in [2.24, 2.45) is 5.92 Å². The van der Waals surface area contributed by atoms with Crippen LogP contribution in [-0.2, 0) is 6.42 Å². The molecule has 0 fully saturated rings. The molecule has 16 heavy (non-hydrogen) atoms. The van der Waals surface area contributed by atoms with Crippen LogP contribution in [0.2, 0.25) is 0 Å². The van der Waals surface area contributed by atoms with Gasteiger partial charge < -0.3 is 5.11 Å². The summed E-state index contributed by atoms with van der Waals surface area (Å²) < 4.78 is 2.01. The number of aromatic nitrogens is 2. The molecule has 0 saturated heterocycles. The van der Waals surface area contributed by atoms with Crippen LogP contribution in [0, 0.1) is 5.92 Å². The van der Waals surface area contributed by atoms with E-state index in [0.29, 0.717) is 12.3 Å². The maximum absolute atomic E-state index is 10.1. The summed E-state index contributed by atoms with van der Waals surface area (Å²) in [5.41, 5.74) is 0.992. The first kappa shape index (κ1) is 11.6. The quantitative estimate of drug-likeness (QED) is 0.869. The normalized spacial score (nSPS) is 13.8. The lowest BCUT2D eigenvalue weighted by Gasteiger charge is -2.18. The Morgan fingerprint density at radius 1 is 1.44 bits per heavy atom. The van der Waals surface area contributed by atoms with E-state index < -0.39 is 0 Å². The molecule has 2 rings (SSSR count). The molecule has 1 atom stereocenters. The van der Waals surface area contributed by atoms with Crippen LogP contribution in [0.15, 0.2) is 17.8 Å². The summed E-state index contributed by atoms with van der Waals surface area (Å²) >= 11 is 1.63. The van der Waals surface area contributed by atoms with Gasteiger partial charge >= 0.3 is 0 Å². The SMILES string of the molecule is CCC(CC)C(O)Cc1cn2ccsc2n1. The molecule has 2 aromatic heterocycles. The summed E-state index contributed by atoms with van der Waals surface area (Å²) in [4.78, 5) is 5.49. The molecule has 0 radical (unpaired) electrons. The van der Waals surface area contributed by atoms with Crippen molar-refractivity contribution in [3.63, 3.8) is 0 Å². The molecule has 0 aromatic carbocycles. The van der Waals surface area contributed by atoms with Crippen molar-refractivity contribution in [2.75, 3.05) is 0 Å². The van der Waals surface area contributed by atoms with E-state index in [1.165, 1.54) is 0 Å². The van der Waals surface area contributed by atoms with Gasteiger partial charge in [-0.15, -0.1) is 11.3 Å². The van der Waals surface area contributed by atoms with Crippen molar-refractivity contribution in [3.05, 3.63) is 23.5 Å². The van der Waals surface area contributed by atoms with Gasteiger partial charge in [-0.3, -0.25) is 4.40 Å². The molecule has 1 N–H and O–H groups in total. The molecule has 3 nitrogen and oxygen atoms in total. The minimum absolute atomic E-state index is 0.264. The molecule has 1 unspecified atom stereocenters. The van der Waals surface area contributed by atoms with Crippen molar-refractivity contribution >= 4 is 16.3 Å². The van der Waals surface area contributed by atoms with Crippen LogP contribution < -0.4 is 0 Å². The Balaban J connectivity index is 2.06. The van der Waals surface area contributed by atoms with Gasteiger partial charge in [0.15, 0.2) is 4.96 Å². The fraction of sp³-hybridized carbons (Fsp3) is 0.583. The number of imidazole rings is 1. The Morgan fingerprint density at radius 2 is 2.19 bits per heavy atom. The molecule has 0 amide bonds. The van der Waals surface area contributed by atoms with E-state index in [1.54, 1.807) is 11.3 Å². The second kappa shape index (κ2) is 4.97. The summed E-state index contributed by atoms with van der Waals surface area (Å²) in [6.07, 6.45) is 6.47. The van der Waals surface area contributed by atoms with Crippen LogP contribution in [0.25, 0.3) is 4.96 Å². The lowest BCUT2D eigenvalue weighted by atomic mass is 9.94. The Bertz CT molecular complexity index is 416. The van der Waals surface area contributed by atoms with Crippen LogP contribution in [-0.4, -0.2) is 20.6 Å². The van der Waals surface area contributed by atoms with Crippen LogP contribution in [0.4, 0.5) is 0 Å². The smallest absolute Gasteiger partial charge is 0.193 e. The number of rotatable bonds is 5. The van der Waals surface area contributed by atoms with E-state index in [9.17, 15) is 5.11 Å². The number of thiazole rings is 1. The van der Waals surface area contributed by atoms with Gasteiger partial charge in [-0.2, -0.15) is 0 Å². The van der Waals surface area contributed by atoms with E-state index in [0.717, 1.165) is 23.5 Å². The first-order valence-electron chi connectivity index (χ1n) is 5.83. The lowest BCUT2D eigenvalue weighted by Crippen LogP contribution is -2.21. The number of aliphatic hydroxyl groups excluding tert-OH is 1. The lowest BCUT2D eigenvalue weighted by molar-refractivity contribution is 0.102. The van der Waals surface area contributed by atoms with Gasteiger partial charge in [0.05, 0.1) is 11.8 Å². The van der Waals surface area contributed by atoms with Crippen molar-refractivity contribution in [3.8, 4) is 0 Å². The van der Waals surface area contributed by atoms with Crippen molar-refractivity contribution in [1.29, 1.82) is 0 Å². The zero-order valence-electron chi connectivity index (χ0n) is 9.76. The molecule has 4 heteroatoms. The third kappa shape index (κ3) is 2.28. The molecular formula is C12H18N2OS. The monoisotopic (exact) mass is 238 g/mol. The van der Waals surface area contributed by atoms with Crippen LogP contribution in [0.1, 0.15) is 32.4 Å². The highest BCUT2D eigenvalue weighted by Gasteiger charge is 2.17. The van der Waals surface area contributed by atoms with Gasteiger partial charge in [0.25, 0.3) is 0 Å². The van der Waals surface area contributed by atoms with E-state index in [1.807, 2.05) is 22.2 Å². The highest BCUT2D eigenvalue weighted by atomic mass is 32.1. The molecule has 2 heterocycles. The molecule has 0 saturated carbocycles. The van der Waals surface area contributed by atoms with Gasteiger partial charge in [-0.05, 0) is 5.92 Å². The van der Waals surface area contributed by atoms with E-state index >= 15 is 0 Å². The Morgan fingerprint density at radius 3 is 2.81 bits per heavy atom. The predicted octanol–water partition coefficient (Wildman–Crippen LogP) is 2.74. The van der Waals surface area contributed by atoms with Crippen molar-refractivity contribution < 1.29 is 5.11 Å². The average Bonchev–Trinajstić information content (AvgIpc) is 2.79. The Kier molecular flexibility index (Phi) is 3.61. The number of hydrogen-bond acceptors (Lipinski definition) is 3. The van der Waals surface area contributed by atoms with Gasteiger partial charge in [0.2, 0.25) is 0 Å². The summed E-state index contributed by atoms with van der Waals surface area (Å²) in [5, 5.41) is 12.1. The second-order valence-electron chi connectivity index (χ2n) is 4.17. The molecular weight excluding hydrogens is 220 g/mol. The van der Waals surface area contributed by atoms with Gasteiger partial charge in [-0.25, -0.2) is 4.98 Å². The summed E-state index contributed by atoms with van der Waals surface area (Å²) in [5.74, 6) is 0.389. The van der Waals surface area contributed by atoms with Crippen molar-refractivity contribution in [1.82, 2.24) is 9.38 Å². The third-order valence-corrected chi connectivity index (χ3v) is 3.93. The standard InChI is InChI=1S/C12H18N2OS/c1-3-9(4-2)11(15)7-10-8-14-5-6-16-12(14)13-10/h5-6,8-9,11,15H,3-4,7H2,1-2H3. The molecule has 88 valence electrons. The molecule has 0 bridgehead atoms. The molecule has 0 aliphatic carbocycles. The van der Waals surface area contributed by atoms with Gasteiger partial charge in [-0.1, -0.05) is 26.7 Å². The summed E-state index contributed by atoms with van der Waals surface area (Å²) in [6.45, 7) is 4.26. The topological polar surface area (TPSA) is 37.5 Å². The van der Waals surface area contributed by atoms with Crippen molar-refractivity contribution in [2.45, 2.75) is 39.2 Å². The Labute approximate surface area is 99.8 Å². The highest BCUT2D eigenvalue weighted by molar-refractivity contribution is 7.15. The fourth-order valence-corrected chi connectivity index (χ4v) is 2.81. The first-order valence-corrected chi connectivity index (χ1v) is 6.71. The fourth-order valence-electron chi connectivity index (χ4n) is 2.09. The summed E-state index contributed by atoms with van der Waals surface area (Å²) in [6, 6.07) is 0. The van der Waals surface area contributed by atoms with Gasteiger partial charge in [0, 0.05) is 24.2 Å². The zero-order chi connectivity index (χ0) is 11.5. The molecule has 0 aliphatic heterocycles. The summed E-state index contributed by atoms with van der Waals surface area (Å²) in [7, 11) is 0. The highest BCUT2D eigenvalue weighted by Crippen LogP contribution is 2.18. The number of fused-ring (bicyclic) bond motifs is 1. The van der Waals surface area contributed by atoms with Crippen LogP contribution in [0.5, 0.6) is 0 Å². The van der Waals surface area contributed by atoms with E-state index in [4.69, 9.17) is 0 Å². The number of hydrogen-bond donors (Lipinski definition) is 1. The van der Waals surface area contributed by atoms with Crippen LogP contribution in [0.3, 0.4) is 0 Å². The third-order valence-electron chi connectivity index (χ3n) is 3.15. The first-order chi connectivity index (χ1) is 7.74. The molecule has 2 aromatic rings. The maximum atomic E-state index is 10.1. The van der Waals surface area contributed by atoms with Gasteiger partial charge in [0.1, 0.15) is 0 Å². The number of nitrogens with zero attached hydrogens (tertiary/aromatic N) is 2. The molecule has 0 spiro atoms. The minimum Gasteiger partial charge on any atom is -0.392 e. The van der Waals surface area contributed by atoms with Crippen LogP contribution >= 0.6 is 11.3 Å². The van der Waals surface area contributed by atoms with E-state index in [2.05, 4.69) is 18.8 Å². The second-order valence-corrected chi connectivity index (χ2v) is 5.05. The number of aliphatic hydroxyl groups is 1. The molecule has 0 aliphatic rings. The maximum Gasteiger partial charge on any atom is 0.193 e. The minimum atomic E-state index is -0.264. The average molecular weight is 238 g/mol.